The van der Waals surface area contributed by atoms with Crippen LogP contribution in [0.2, 0.25) is 0 Å². The van der Waals surface area contributed by atoms with Crippen molar-refractivity contribution in [2.45, 2.75) is 60.0 Å². The van der Waals surface area contributed by atoms with Crippen LogP contribution >= 0.6 is 0 Å². The molecule has 0 aliphatic heterocycles. The lowest BCUT2D eigenvalue weighted by molar-refractivity contribution is 0.529. The number of aryl methyl sites for hydroxylation is 1. The molecule has 0 spiro atoms. The monoisotopic (exact) mass is 223 g/mol. The molecule has 0 aliphatic rings. The molecule has 3 heteroatoms. The maximum atomic E-state index is 4.53. The molecule has 1 atom stereocenters. The molecule has 1 heterocycles. The minimum atomic E-state index is 0.454. The molecule has 16 heavy (non-hydrogen) atoms. The minimum Gasteiger partial charge on any atom is -0.353 e. The van der Waals surface area contributed by atoms with E-state index in [1.165, 1.54) is 6.42 Å². The largest absolute Gasteiger partial charge is 0.353 e. The molecular weight excluding hydrogens is 198 g/mol. The number of anilines is 1. The van der Waals surface area contributed by atoms with E-state index in [1.54, 1.807) is 0 Å². The number of rotatable bonds is 5. The van der Waals surface area contributed by atoms with Crippen LogP contribution in [0, 0.1) is 12.8 Å². The van der Waals surface area contributed by atoms with Gasteiger partial charge in [0, 0.05) is 18.3 Å². The Morgan fingerprint density at radius 3 is 2.38 bits per heavy atom. The molecule has 0 radical (unpaired) electrons. The van der Waals surface area contributed by atoms with E-state index in [0.717, 1.165) is 11.6 Å². The first-order valence-electron chi connectivity index (χ1n) is 6.22. The molecule has 92 valence electrons. The number of imidazole rings is 1. The van der Waals surface area contributed by atoms with Crippen LogP contribution in [0.3, 0.4) is 0 Å². The molecule has 3 nitrogen and oxygen atoms in total. The van der Waals surface area contributed by atoms with E-state index >= 15 is 0 Å². The maximum Gasteiger partial charge on any atom is 0.203 e. The summed E-state index contributed by atoms with van der Waals surface area (Å²) in [5.41, 5.74) is 1.08. The summed E-state index contributed by atoms with van der Waals surface area (Å²) in [4.78, 5) is 4.53. The molecule has 0 fully saturated rings. The average Bonchev–Trinajstić information content (AvgIpc) is 2.44. The summed E-state index contributed by atoms with van der Waals surface area (Å²) in [5.74, 6) is 1.71. The molecule has 0 aromatic carbocycles. The van der Waals surface area contributed by atoms with Gasteiger partial charge in [-0.05, 0) is 40.0 Å². The lowest BCUT2D eigenvalue weighted by atomic mass is 10.1. The SMILES string of the molecule is Cc1cn(C(C)C)c(NC(C)CC(C)C)n1. The van der Waals surface area contributed by atoms with E-state index in [1.807, 2.05) is 6.92 Å². The smallest absolute Gasteiger partial charge is 0.203 e. The number of nitrogens with one attached hydrogen (secondary N) is 1. The number of hydrogen-bond acceptors (Lipinski definition) is 2. The zero-order valence-corrected chi connectivity index (χ0v) is 11.4. The van der Waals surface area contributed by atoms with Gasteiger partial charge in [-0.1, -0.05) is 13.8 Å². The van der Waals surface area contributed by atoms with Crippen molar-refractivity contribution in [1.82, 2.24) is 9.55 Å². The molecule has 0 bridgehead atoms. The molecule has 0 saturated heterocycles. The second-order valence-electron chi connectivity index (χ2n) is 5.38. The first kappa shape index (κ1) is 13.1. The Bertz CT molecular complexity index is 326. The highest BCUT2D eigenvalue weighted by molar-refractivity contribution is 5.30. The highest BCUT2D eigenvalue weighted by Crippen LogP contribution is 2.17. The molecule has 1 N–H and O–H groups in total. The van der Waals surface area contributed by atoms with E-state index < -0.39 is 0 Å². The van der Waals surface area contributed by atoms with Crippen molar-refractivity contribution in [2.24, 2.45) is 5.92 Å². The fraction of sp³-hybridized carbons (Fsp3) is 0.769. The van der Waals surface area contributed by atoms with Gasteiger partial charge in [-0.25, -0.2) is 4.98 Å². The average molecular weight is 223 g/mol. The van der Waals surface area contributed by atoms with Crippen molar-refractivity contribution in [1.29, 1.82) is 0 Å². The lowest BCUT2D eigenvalue weighted by Crippen LogP contribution is -2.20. The molecule has 1 unspecified atom stereocenters. The summed E-state index contributed by atoms with van der Waals surface area (Å²) in [6.45, 7) is 13.1. The molecule has 1 aromatic rings. The highest BCUT2D eigenvalue weighted by Gasteiger charge is 2.11. The van der Waals surface area contributed by atoms with Gasteiger partial charge in [-0.3, -0.25) is 0 Å². The zero-order chi connectivity index (χ0) is 12.3. The van der Waals surface area contributed by atoms with Gasteiger partial charge in [0.05, 0.1) is 5.69 Å². The number of hydrogen-bond donors (Lipinski definition) is 1. The molecule has 1 aromatic heterocycles. The minimum absolute atomic E-state index is 0.454. The molecular formula is C13H25N3. The number of nitrogens with zero attached hydrogens (tertiary/aromatic N) is 2. The standard InChI is InChI=1S/C13H25N3/c1-9(2)7-11(5)14-13-15-12(6)8-16(13)10(3)4/h8-11H,7H2,1-6H3,(H,14,15). The Balaban J connectivity index is 2.72. The molecule has 0 amide bonds. The van der Waals surface area contributed by atoms with Crippen LogP contribution in [0.4, 0.5) is 5.95 Å². The summed E-state index contributed by atoms with van der Waals surface area (Å²) < 4.78 is 2.20. The van der Waals surface area contributed by atoms with Gasteiger partial charge in [0.25, 0.3) is 0 Å². The second kappa shape index (κ2) is 5.37. The first-order valence-corrected chi connectivity index (χ1v) is 6.22. The predicted molar refractivity (Wildman–Crippen MR) is 69.9 cm³/mol. The fourth-order valence-corrected chi connectivity index (χ4v) is 2.00. The Morgan fingerprint density at radius 2 is 1.88 bits per heavy atom. The van der Waals surface area contributed by atoms with Crippen LogP contribution in [-0.2, 0) is 0 Å². The van der Waals surface area contributed by atoms with Crippen LogP contribution in [0.25, 0.3) is 0 Å². The third-order valence-corrected chi connectivity index (χ3v) is 2.61. The third kappa shape index (κ3) is 3.54. The molecule has 1 rings (SSSR count). The second-order valence-corrected chi connectivity index (χ2v) is 5.38. The highest BCUT2D eigenvalue weighted by atomic mass is 15.2. The van der Waals surface area contributed by atoms with Crippen LogP contribution in [0.1, 0.15) is 52.8 Å². The Hall–Kier alpha value is -0.990. The Kier molecular flexibility index (Phi) is 4.39. The molecule has 0 saturated carbocycles. The maximum absolute atomic E-state index is 4.53. The van der Waals surface area contributed by atoms with Crippen molar-refractivity contribution >= 4 is 5.95 Å². The fourth-order valence-electron chi connectivity index (χ4n) is 2.00. The normalized spacial score (nSPS) is 13.5. The van der Waals surface area contributed by atoms with E-state index in [0.29, 0.717) is 18.0 Å². The van der Waals surface area contributed by atoms with Crippen molar-refractivity contribution in [3.05, 3.63) is 11.9 Å². The van der Waals surface area contributed by atoms with Gasteiger partial charge in [0.1, 0.15) is 0 Å². The third-order valence-electron chi connectivity index (χ3n) is 2.61. The van der Waals surface area contributed by atoms with Gasteiger partial charge >= 0.3 is 0 Å². The van der Waals surface area contributed by atoms with Crippen LogP contribution < -0.4 is 5.32 Å². The van der Waals surface area contributed by atoms with Crippen LogP contribution in [0.15, 0.2) is 6.20 Å². The first-order chi connectivity index (χ1) is 7.40. The van der Waals surface area contributed by atoms with E-state index in [9.17, 15) is 0 Å². The van der Waals surface area contributed by atoms with Gasteiger partial charge < -0.3 is 9.88 Å². The Labute approximate surface area is 99.3 Å². The van der Waals surface area contributed by atoms with E-state index in [-0.39, 0.29) is 0 Å². The number of aromatic nitrogens is 2. The predicted octanol–water partition coefficient (Wildman–Crippen LogP) is 3.62. The van der Waals surface area contributed by atoms with E-state index in [4.69, 9.17) is 0 Å². The van der Waals surface area contributed by atoms with Crippen molar-refractivity contribution in [3.63, 3.8) is 0 Å². The summed E-state index contributed by atoms with van der Waals surface area (Å²) in [5, 5.41) is 3.50. The Morgan fingerprint density at radius 1 is 1.25 bits per heavy atom. The van der Waals surface area contributed by atoms with Gasteiger partial charge in [-0.2, -0.15) is 0 Å². The summed E-state index contributed by atoms with van der Waals surface area (Å²) in [6, 6.07) is 0.925. The van der Waals surface area contributed by atoms with Gasteiger partial charge in [0.15, 0.2) is 0 Å². The zero-order valence-electron chi connectivity index (χ0n) is 11.4. The van der Waals surface area contributed by atoms with Gasteiger partial charge in [0.2, 0.25) is 5.95 Å². The molecule has 0 aliphatic carbocycles. The topological polar surface area (TPSA) is 29.9 Å². The van der Waals surface area contributed by atoms with Gasteiger partial charge in [-0.15, -0.1) is 0 Å². The van der Waals surface area contributed by atoms with Crippen LogP contribution in [0.5, 0.6) is 0 Å². The summed E-state index contributed by atoms with van der Waals surface area (Å²) >= 11 is 0. The van der Waals surface area contributed by atoms with E-state index in [2.05, 4.69) is 55.7 Å². The van der Waals surface area contributed by atoms with Crippen molar-refractivity contribution in [2.75, 3.05) is 5.32 Å². The summed E-state index contributed by atoms with van der Waals surface area (Å²) in [6.07, 6.45) is 3.28. The van der Waals surface area contributed by atoms with Crippen molar-refractivity contribution in [3.8, 4) is 0 Å². The quantitative estimate of drug-likeness (QED) is 0.826. The summed E-state index contributed by atoms with van der Waals surface area (Å²) in [7, 11) is 0. The van der Waals surface area contributed by atoms with Crippen LogP contribution in [-0.4, -0.2) is 15.6 Å². The lowest BCUT2D eigenvalue weighted by Gasteiger charge is -2.19. The van der Waals surface area contributed by atoms with Crippen molar-refractivity contribution < 1.29 is 0 Å².